The minimum atomic E-state index is -0.817. The van der Waals surface area contributed by atoms with Gasteiger partial charge >= 0.3 is 0 Å². The van der Waals surface area contributed by atoms with Crippen molar-refractivity contribution in [2.45, 2.75) is 18.9 Å². The van der Waals surface area contributed by atoms with Gasteiger partial charge < -0.3 is 25.6 Å². The van der Waals surface area contributed by atoms with Crippen LogP contribution in [0.1, 0.15) is 23.2 Å². The van der Waals surface area contributed by atoms with Crippen molar-refractivity contribution in [3.8, 4) is 5.75 Å². The van der Waals surface area contributed by atoms with Crippen LogP contribution in [0.2, 0.25) is 0 Å². The molecule has 9 heteroatoms. The maximum Gasteiger partial charge on any atom is 0.264 e. The first-order valence-electron chi connectivity index (χ1n) is 9.46. The molecule has 4 amide bonds. The third-order valence-electron chi connectivity index (χ3n) is 5.04. The Labute approximate surface area is 172 Å². The summed E-state index contributed by atoms with van der Waals surface area (Å²) >= 11 is 0. The number of ether oxygens (including phenoxy) is 1. The number of nitrogens with one attached hydrogen (secondary N) is 3. The monoisotopic (exact) mass is 408 g/mol. The molecule has 4 rings (SSSR count). The molecule has 0 bridgehead atoms. The number of hydrogen-bond acceptors (Lipinski definition) is 5. The molecule has 0 aliphatic carbocycles. The van der Waals surface area contributed by atoms with Crippen molar-refractivity contribution >= 4 is 40.7 Å². The number of amides is 4. The standard InChI is InChI=1S/C21H20N4O5/c1-25-16-8-6-12(10-17(16)30-11-19(25)27)22-18(26)9-7-15-21(29)23-14-5-3-2-4-13(14)20(28)24-15/h2-6,8,10,15H,7,9,11H2,1H3,(H,22,26)(H,23,29)(H,24,28)/t15-/m0/s1. The normalized spacial score (nSPS) is 17.7. The summed E-state index contributed by atoms with van der Waals surface area (Å²) in [5.74, 6) is -0.678. The molecule has 154 valence electrons. The van der Waals surface area contributed by atoms with Gasteiger partial charge in [0.05, 0.1) is 16.9 Å². The predicted octanol–water partition coefficient (Wildman–Crippen LogP) is 1.51. The van der Waals surface area contributed by atoms with Gasteiger partial charge in [-0.1, -0.05) is 12.1 Å². The van der Waals surface area contributed by atoms with Crippen LogP contribution in [0.15, 0.2) is 42.5 Å². The van der Waals surface area contributed by atoms with E-state index in [9.17, 15) is 19.2 Å². The number of carbonyl (C=O) groups is 4. The highest BCUT2D eigenvalue weighted by Crippen LogP contribution is 2.33. The van der Waals surface area contributed by atoms with Gasteiger partial charge in [-0.25, -0.2) is 0 Å². The second-order valence-electron chi connectivity index (χ2n) is 7.07. The fourth-order valence-corrected chi connectivity index (χ4v) is 3.37. The van der Waals surface area contributed by atoms with Crippen molar-refractivity contribution in [3.63, 3.8) is 0 Å². The Balaban J connectivity index is 1.37. The minimum Gasteiger partial charge on any atom is -0.481 e. The molecule has 0 radical (unpaired) electrons. The number of fused-ring (bicyclic) bond motifs is 2. The maximum atomic E-state index is 12.4. The second kappa shape index (κ2) is 7.86. The van der Waals surface area contributed by atoms with Crippen LogP contribution >= 0.6 is 0 Å². The minimum absolute atomic E-state index is 0.0328. The molecule has 0 aromatic heterocycles. The second-order valence-corrected chi connectivity index (χ2v) is 7.07. The van der Waals surface area contributed by atoms with E-state index in [0.29, 0.717) is 28.4 Å². The lowest BCUT2D eigenvalue weighted by molar-refractivity contribution is -0.121. The van der Waals surface area contributed by atoms with Crippen molar-refractivity contribution in [2.75, 3.05) is 29.2 Å². The van der Waals surface area contributed by atoms with Gasteiger partial charge in [-0.05, 0) is 30.7 Å². The van der Waals surface area contributed by atoms with Crippen molar-refractivity contribution in [1.29, 1.82) is 0 Å². The molecule has 3 N–H and O–H groups in total. The van der Waals surface area contributed by atoms with Crippen molar-refractivity contribution in [1.82, 2.24) is 5.32 Å². The van der Waals surface area contributed by atoms with E-state index in [2.05, 4.69) is 16.0 Å². The van der Waals surface area contributed by atoms with E-state index in [1.54, 1.807) is 49.5 Å². The lowest BCUT2D eigenvalue weighted by Gasteiger charge is -2.26. The highest BCUT2D eigenvalue weighted by Gasteiger charge is 2.28. The van der Waals surface area contributed by atoms with E-state index in [1.807, 2.05) is 0 Å². The number of nitrogens with zero attached hydrogens (tertiary/aromatic N) is 1. The van der Waals surface area contributed by atoms with Crippen LogP contribution < -0.4 is 25.6 Å². The molecular weight excluding hydrogens is 388 g/mol. The first-order valence-corrected chi connectivity index (χ1v) is 9.46. The summed E-state index contributed by atoms with van der Waals surface area (Å²) in [6.07, 6.45) is 0.182. The molecule has 0 fully saturated rings. The van der Waals surface area contributed by atoms with Crippen LogP contribution in [0.5, 0.6) is 5.75 Å². The topological polar surface area (TPSA) is 117 Å². The first-order chi connectivity index (χ1) is 14.4. The Morgan fingerprint density at radius 3 is 2.83 bits per heavy atom. The molecule has 2 aromatic carbocycles. The van der Waals surface area contributed by atoms with E-state index in [0.717, 1.165) is 0 Å². The van der Waals surface area contributed by atoms with Crippen molar-refractivity contribution in [3.05, 3.63) is 48.0 Å². The van der Waals surface area contributed by atoms with Gasteiger partial charge in [-0.2, -0.15) is 0 Å². The summed E-state index contributed by atoms with van der Waals surface area (Å²) in [5.41, 5.74) is 1.98. The maximum absolute atomic E-state index is 12.4. The molecule has 30 heavy (non-hydrogen) atoms. The molecule has 2 aliphatic heterocycles. The van der Waals surface area contributed by atoms with Gasteiger partial charge in [0.25, 0.3) is 11.8 Å². The van der Waals surface area contributed by atoms with Crippen LogP contribution in [0.4, 0.5) is 17.1 Å². The molecule has 0 spiro atoms. The Hall–Kier alpha value is -3.88. The van der Waals surface area contributed by atoms with Gasteiger partial charge in [0.15, 0.2) is 6.61 Å². The van der Waals surface area contributed by atoms with Gasteiger partial charge in [0, 0.05) is 25.2 Å². The largest absolute Gasteiger partial charge is 0.481 e. The van der Waals surface area contributed by atoms with Crippen LogP contribution in [0.25, 0.3) is 0 Å². The molecule has 0 unspecified atom stereocenters. The van der Waals surface area contributed by atoms with E-state index >= 15 is 0 Å². The quantitative estimate of drug-likeness (QED) is 0.709. The van der Waals surface area contributed by atoms with E-state index in [-0.39, 0.29) is 43.1 Å². The Bertz CT molecular complexity index is 1050. The molecule has 2 aliphatic rings. The average Bonchev–Trinajstić information content (AvgIpc) is 2.85. The van der Waals surface area contributed by atoms with Gasteiger partial charge in [0.2, 0.25) is 11.8 Å². The van der Waals surface area contributed by atoms with Crippen molar-refractivity contribution < 1.29 is 23.9 Å². The van der Waals surface area contributed by atoms with Gasteiger partial charge in [-0.3, -0.25) is 19.2 Å². The van der Waals surface area contributed by atoms with Crippen molar-refractivity contribution in [2.24, 2.45) is 0 Å². The lowest BCUT2D eigenvalue weighted by Crippen LogP contribution is -2.41. The molecule has 0 saturated heterocycles. The van der Waals surface area contributed by atoms with E-state index < -0.39 is 6.04 Å². The summed E-state index contributed by atoms with van der Waals surface area (Å²) in [5, 5.41) is 8.13. The van der Waals surface area contributed by atoms with Gasteiger partial charge in [0.1, 0.15) is 11.8 Å². The zero-order valence-corrected chi connectivity index (χ0v) is 16.2. The molecule has 9 nitrogen and oxygen atoms in total. The number of likely N-dealkylation sites (N-methyl/N-ethyl adjacent to an activating group) is 1. The Morgan fingerprint density at radius 1 is 1.20 bits per heavy atom. The summed E-state index contributed by atoms with van der Waals surface area (Å²) in [4.78, 5) is 50.3. The summed E-state index contributed by atoms with van der Waals surface area (Å²) in [6, 6.07) is 10.9. The fraction of sp³-hybridized carbons (Fsp3) is 0.238. The number of carbonyl (C=O) groups excluding carboxylic acids is 4. The Kier molecular flexibility index (Phi) is 5.09. The fourth-order valence-electron chi connectivity index (χ4n) is 3.37. The molecule has 0 saturated carbocycles. The zero-order chi connectivity index (χ0) is 21.3. The van der Waals surface area contributed by atoms with Gasteiger partial charge in [-0.15, -0.1) is 0 Å². The third kappa shape index (κ3) is 3.82. The summed E-state index contributed by atoms with van der Waals surface area (Å²) in [6.45, 7) is -0.0558. The molecule has 1 atom stereocenters. The number of benzene rings is 2. The summed E-state index contributed by atoms with van der Waals surface area (Å²) < 4.78 is 5.41. The van der Waals surface area contributed by atoms with E-state index in [4.69, 9.17) is 4.74 Å². The van der Waals surface area contributed by atoms with Crippen LogP contribution in [-0.2, 0) is 14.4 Å². The zero-order valence-electron chi connectivity index (χ0n) is 16.2. The highest BCUT2D eigenvalue weighted by molar-refractivity contribution is 6.10. The number of hydrogen-bond donors (Lipinski definition) is 3. The third-order valence-corrected chi connectivity index (χ3v) is 5.04. The number of para-hydroxylation sites is 1. The first kappa shape index (κ1) is 19.4. The summed E-state index contributed by atoms with van der Waals surface area (Å²) in [7, 11) is 1.66. The average molecular weight is 408 g/mol. The SMILES string of the molecule is CN1C(=O)COc2cc(NC(=O)CC[C@@H]3NC(=O)c4ccccc4NC3=O)ccc21. The predicted molar refractivity (Wildman–Crippen MR) is 110 cm³/mol. The van der Waals surface area contributed by atoms with Crippen LogP contribution in [0.3, 0.4) is 0 Å². The molecule has 2 heterocycles. The smallest absolute Gasteiger partial charge is 0.264 e. The lowest BCUT2D eigenvalue weighted by atomic mass is 10.1. The molecule has 2 aromatic rings. The molecular formula is C21H20N4O5. The van der Waals surface area contributed by atoms with E-state index in [1.165, 1.54) is 4.90 Å². The number of anilines is 3. The highest BCUT2D eigenvalue weighted by atomic mass is 16.5. The Morgan fingerprint density at radius 2 is 2.00 bits per heavy atom. The van der Waals surface area contributed by atoms with Crippen LogP contribution in [-0.4, -0.2) is 43.3 Å². The number of rotatable bonds is 4. The van der Waals surface area contributed by atoms with Crippen LogP contribution in [0, 0.1) is 0 Å².